The van der Waals surface area contributed by atoms with Crippen molar-refractivity contribution in [2.75, 3.05) is 0 Å². The second-order valence-corrected chi connectivity index (χ2v) is 0. The standard InChI is InChI=1S/Bi.Li.Pb.H4SiTe.6H/c;;;1-2;;;;;;/h;;;2H,1H3;;;;;;/q;+1;;;;;;;;-1. The van der Waals surface area contributed by atoms with Gasteiger partial charge in [0.25, 0.3) is 0 Å². The fourth-order valence-electron chi connectivity index (χ4n) is 0. The third-order valence-corrected chi connectivity index (χ3v) is 0. The van der Waals surface area contributed by atoms with Crippen LogP contribution in [0.3, 0.4) is 0 Å². The molecule has 0 N–H and O–H groups in total. The van der Waals surface area contributed by atoms with Crippen LogP contribution in [0, 0.1) is 0 Å². The summed E-state index contributed by atoms with van der Waals surface area (Å²) in [6.45, 7) is 0. The van der Waals surface area contributed by atoms with Gasteiger partial charge in [-0.15, -0.1) is 0 Å². The van der Waals surface area contributed by atoms with Gasteiger partial charge in [-0.25, -0.2) is 0 Å². The van der Waals surface area contributed by atoms with E-state index in [-0.39, 0.29) is 73.8 Å². The molecule has 0 saturated carbocycles. The summed E-state index contributed by atoms with van der Waals surface area (Å²) in [4.78, 5) is 0. The van der Waals surface area contributed by atoms with Crippen molar-refractivity contribution in [1.82, 2.24) is 0 Å². The summed E-state index contributed by atoms with van der Waals surface area (Å²) in [6, 6.07) is 0. The van der Waals surface area contributed by atoms with Crippen LogP contribution in [0.4, 0.5) is 0 Å². The first-order chi connectivity index (χ1) is 1.00. The minimum absolute atomic E-state index is 0. The molecule has 5 heteroatoms. The van der Waals surface area contributed by atoms with E-state index >= 15 is 0 Å². The summed E-state index contributed by atoms with van der Waals surface area (Å²) in [6.07, 6.45) is 0. The van der Waals surface area contributed by atoms with Crippen LogP contribution < -0.4 is 18.9 Å². The van der Waals surface area contributed by atoms with Crippen molar-refractivity contribution >= 4 is 82.8 Å². The van der Waals surface area contributed by atoms with Crippen LogP contribution in [-0.4, -0.2) is 82.8 Å². The molecule has 0 saturated heterocycles. The predicted molar refractivity (Wildman–Crippen MR) is 36.7 cm³/mol. The Balaban J connectivity index is -0.000000000833. The summed E-state index contributed by atoms with van der Waals surface area (Å²) < 4.78 is 0. The fourth-order valence-corrected chi connectivity index (χ4v) is 0. The Morgan fingerprint density at radius 1 is 1.40 bits per heavy atom. The van der Waals surface area contributed by atoms with Gasteiger partial charge >= 0.3 is 102 Å². The molecular formula is H10BiLiPbSiTe. The van der Waals surface area contributed by atoms with E-state index in [4.69, 9.17) is 0 Å². The molecule has 0 fully saturated rings. The molecule has 0 unspecified atom stereocenters. The van der Waals surface area contributed by atoms with E-state index in [0.29, 0.717) is 0 Å². The van der Waals surface area contributed by atoms with Gasteiger partial charge in [0, 0.05) is 0 Å². The van der Waals surface area contributed by atoms with Crippen molar-refractivity contribution < 1.29 is 20.3 Å². The number of hydrogen-bond acceptors (Lipinski definition) is 0. The summed E-state index contributed by atoms with van der Waals surface area (Å²) in [5.41, 5.74) is 0. The van der Waals surface area contributed by atoms with Crippen LogP contribution >= 0.6 is 0 Å². The molecule has 0 rings (SSSR count). The van der Waals surface area contributed by atoms with Crippen LogP contribution in [0.2, 0.25) is 0 Å². The second-order valence-electron chi connectivity index (χ2n) is 0. The van der Waals surface area contributed by atoms with Gasteiger partial charge in [-0.05, 0) is 0 Å². The van der Waals surface area contributed by atoms with E-state index in [0.717, 1.165) is 0 Å². The summed E-state index contributed by atoms with van der Waals surface area (Å²) in [5, 5.41) is 0. The van der Waals surface area contributed by atoms with Crippen molar-refractivity contribution in [2.45, 2.75) is 0 Å². The van der Waals surface area contributed by atoms with E-state index < -0.39 is 0 Å². The van der Waals surface area contributed by atoms with Gasteiger partial charge in [-0.2, -0.15) is 0 Å². The maximum atomic E-state index is 1.89. The zero-order valence-electron chi connectivity index (χ0n) is 4.86. The van der Waals surface area contributed by atoms with E-state index in [9.17, 15) is 0 Å². The Labute approximate surface area is 101 Å². The first-order valence-electron chi connectivity index (χ1n) is 0.447. The molecule has 0 aromatic carbocycles. The molecule has 0 aromatic heterocycles. The first-order valence-corrected chi connectivity index (χ1v) is 9.00. The van der Waals surface area contributed by atoms with Gasteiger partial charge in [-0.1, -0.05) is 0 Å². The fraction of sp³-hybridized carbons (Fsp3) is 0. The van der Waals surface area contributed by atoms with E-state index in [1.807, 2.05) is 21.5 Å². The topological polar surface area (TPSA) is 0 Å². The first kappa shape index (κ1) is 23.7. The zero-order valence-corrected chi connectivity index (χ0v) is 19.4. The molecule has 0 spiro atoms. The van der Waals surface area contributed by atoms with Crippen molar-refractivity contribution in [3.8, 4) is 0 Å². The number of hydrogen-bond donors (Lipinski definition) is 0. The Morgan fingerprint density at radius 2 is 1.40 bits per heavy atom. The van der Waals surface area contributed by atoms with Gasteiger partial charge in [0.05, 0.1) is 0 Å². The molecule has 30 valence electrons. The SMILES string of the molecule is [BiH3].[H-].[Li+].[PbH2].[SiH3][TeH]. The van der Waals surface area contributed by atoms with Gasteiger partial charge in [0.1, 0.15) is 0 Å². The third kappa shape index (κ3) is 18.7. The monoisotopic (exact) mass is 592 g/mol. The maximum absolute atomic E-state index is 1.89. The summed E-state index contributed by atoms with van der Waals surface area (Å²) in [5.74, 6) is 0. The minimum atomic E-state index is 0. The summed E-state index contributed by atoms with van der Waals surface area (Å²) >= 11 is 1.89. The third-order valence-electron chi connectivity index (χ3n) is 0. The van der Waals surface area contributed by atoms with Crippen molar-refractivity contribution in [3.05, 3.63) is 0 Å². The average molecular weight is 589 g/mol. The molecule has 5 heavy (non-hydrogen) atoms. The van der Waals surface area contributed by atoms with Crippen molar-refractivity contribution in [2.24, 2.45) is 0 Å². The number of rotatable bonds is 0. The normalized spacial score (nSPS) is 1.80. The second kappa shape index (κ2) is 26.2. The molecule has 0 aliphatic heterocycles. The van der Waals surface area contributed by atoms with Gasteiger partial charge in [0.2, 0.25) is 0 Å². The Kier molecular flexibility index (Phi) is 124. The predicted octanol–water partition coefficient (Wildman–Crippen LogP) is -6.82. The average Bonchev–Trinajstić information content (AvgIpc) is 1.00. The summed E-state index contributed by atoms with van der Waals surface area (Å²) in [7, 11) is 1.36. The molecule has 2 radical (unpaired) electrons. The van der Waals surface area contributed by atoms with Gasteiger partial charge < -0.3 is 1.43 Å². The van der Waals surface area contributed by atoms with Crippen molar-refractivity contribution in [3.63, 3.8) is 0 Å². The van der Waals surface area contributed by atoms with Gasteiger partial charge in [-0.3, -0.25) is 0 Å². The Morgan fingerprint density at radius 3 is 1.40 bits per heavy atom. The van der Waals surface area contributed by atoms with Crippen LogP contribution in [-0.2, 0) is 0 Å². The quantitative estimate of drug-likeness (QED) is 0.247. The van der Waals surface area contributed by atoms with Gasteiger partial charge in [0.15, 0.2) is 0 Å². The van der Waals surface area contributed by atoms with E-state index in [2.05, 4.69) is 0 Å². The molecule has 0 bridgehead atoms. The van der Waals surface area contributed by atoms with E-state index in [1.165, 1.54) is 7.79 Å². The zero-order chi connectivity index (χ0) is 2.00. The van der Waals surface area contributed by atoms with Crippen LogP contribution in [0.15, 0.2) is 0 Å². The molecule has 0 aromatic rings. The molecule has 0 atom stereocenters. The van der Waals surface area contributed by atoms with Crippen molar-refractivity contribution in [1.29, 1.82) is 0 Å². The van der Waals surface area contributed by atoms with Crippen LogP contribution in [0.25, 0.3) is 0 Å². The van der Waals surface area contributed by atoms with Crippen LogP contribution in [0.1, 0.15) is 1.43 Å². The molecular weight excluding hydrogens is 579 g/mol. The van der Waals surface area contributed by atoms with E-state index in [1.54, 1.807) is 0 Å². The Bertz CT molecular complexity index is 15.5. The Hall–Kier alpha value is 3.41. The molecule has 0 aliphatic rings. The molecule has 0 nitrogen and oxygen atoms in total. The molecule has 0 aliphatic carbocycles. The molecule has 0 heterocycles. The van der Waals surface area contributed by atoms with Crippen LogP contribution in [0.5, 0.6) is 0 Å². The molecule has 0 amide bonds.